The quantitative estimate of drug-likeness (QED) is 0.791. The van der Waals surface area contributed by atoms with E-state index in [4.69, 9.17) is 0 Å². The van der Waals surface area contributed by atoms with Crippen molar-refractivity contribution in [3.63, 3.8) is 0 Å². The van der Waals surface area contributed by atoms with Gasteiger partial charge in [-0.05, 0) is 31.0 Å². The van der Waals surface area contributed by atoms with Gasteiger partial charge in [-0.3, -0.25) is 9.78 Å². The molecule has 7 nitrogen and oxygen atoms in total. The summed E-state index contributed by atoms with van der Waals surface area (Å²) >= 11 is 0. The summed E-state index contributed by atoms with van der Waals surface area (Å²) in [6, 6.07) is 7.53. The van der Waals surface area contributed by atoms with Gasteiger partial charge in [-0.15, -0.1) is 0 Å². The number of carbonyl (C=O) groups excluding carboxylic acids is 1. The van der Waals surface area contributed by atoms with Gasteiger partial charge < -0.3 is 10.2 Å². The highest BCUT2D eigenvalue weighted by atomic mass is 16.1. The van der Waals surface area contributed by atoms with Crippen LogP contribution in [-0.2, 0) is 0 Å². The Morgan fingerprint density at radius 3 is 2.67 bits per heavy atom. The maximum Gasteiger partial charge on any atom is 0.251 e. The van der Waals surface area contributed by atoms with Crippen molar-refractivity contribution < 1.29 is 4.79 Å². The molecule has 4 rings (SSSR count). The zero-order valence-electron chi connectivity index (χ0n) is 13.2. The number of aromatic nitrogens is 4. The fourth-order valence-corrected chi connectivity index (χ4v) is 3.00. The minimum absolute atomic E-state index is 0.0327. The van der Waals surface area contributed by atoms with Crippen molar-refractivity contribution >= 4 is 17.4 Å². The number of carbonyl (C=O) groups is 1. The molecule has 1 aliphatic heterocycles. The summed E-state index contributed by atoms with van der Waals surface area (Å²) in [5.74, 6) is 0.927. The molecule has 0 aliphatic carbocycles. The minimum Gasteiger partial charge on any atom is -0.356 e. The predicted octanol–water partition coefficient (Wildman–Crippen LogP) is 1.52. The Balaban J connectivity index is 1.37. The highest BCUT2D eigenvalue weighted by molar-refractivity contribution is 5.94. The average Bonchev–Trinajstić information content (AvgIpc) is 3.11. The van der Waals surface area contributed by atoms with E-state index in [0.717, 1.165) is 37.4 Å². The molecule has 7 heteroatoms. The van der Waals surface area contributed by atoms with Crippen LogP contribution in [-0.4, -0.2) is 44.6 Å². The first-order valence-electron chi connectivity index (χ1n) is 8.06. The average molecular weight is 322 g/mol. The molecule has 122 valence electrons. The number of anilines is 1. The Hall–Kier alpha value is -2.96. The van der Waals surface area contributed by atoms with Crippen LogP contribution in [0.15, 0.2) is 49.1 Å². The molecule has 1 saturated heterocycles. The van der Waals surface area contributed by atoms with Crippen molar-refractivity contribution in [1.29, 1.82) is 0 Å². The van der Waals surface area contributed by atoms with E-state index >= 15 is 0 Å². The van der Waals surface area contributed by atoms with Gasteiger partial charge in [0.1, 0.15) is 5.82 Å². The van der Waals surface area contributed by atoms with Gasteiger partial charge in [0.25, 0.3) is 5.91 Å². The summed E-state index contributed by atoms with van der Waals surface area (Å²) in [6.45, 7) is 1.75. The van der Waals surface area contributed by atoms with Crippen molar-refractivity contribution in [3.05, 3.63) is 54.6 Å². The molecule has 1 N–H and O–H groups in total. The van der Waals surface area contributed by atoms with Crippen LogP contribution in [0.3, 0.4) is 0 Å². The smallest absolute Gasteiger partial charge is 0.251 e. The van der Waals surface area contributed by atoms with E-state index in [1.165, 1.54) is 0 Å². The third kappa shape index (κ3) is 2.92. The highest BCUT2D eigenvalue weighted by Crippen LogP contribution is 2.18. The van der Waals surface area contributed by atoms with Crippen LogP contribution in [0, 0.1) is 0 Å². The highest BCUT2D eigenvalue weighted by Gasteiger charge is 2.22. The van der Waals surface area contributed by atoms with E-state index < -0.39 is 0 Å². The summed E-state index contributed by atoms with van der Waals surface area (Å²) in [4.78, 5) is 23.0. The molecule has 3 aromatic rings. The van der Waals surface area contributed by atoms with Crippen molar-refractivity contribution in [3.8, 4) is 0 Å². The summed E-state index contributed by atoms with van der Waals surface area (Å²) < 4.78 is 1.76. The van der Waals surface area contributed by atoms with Crippen LogP contribution in [0.4, 0.5) is 5.82 Å². The van der Waals surface area contributed by atoms with Gasteiger partial charge in [0.2, 0.25) is 0 Å². The SMILES string of the molecule is O=C(NC1CCN(c2ccn3nccc3n2)CC1)c1ccncc1. The zero-order chi connectivity index (χ0) is 16.4. The second kappa shape index (κ2) is 6.27. The van der Waals surface area contributed by atoms with Crippen molar-refractivity contribution in [1.82, 2.24) is 24.9 Å². The number of piperidine rings is 1. The van der Waals surface area contributed by atoms with E-state index in [1.807, 2.05) is 18.3 Å². The van der Waals surface area contributed by atoms with Crippen LogP contribution in [0.5, 0.6) is 0 Å². The molecule has 1 aliphatic rings. The predicted molar refractivity (Wildman–Crippen MR) is 89.9 cm³/mol. The van der Waals surface area contributed by atoms with Crippen LogP contribution in [0.25, 0.3) is 5.65 Å². The lowest BCUT2D eigenvalue weighted by Crippen LogP contribution is -2.45. The van der Waals surface area contributed by atoms with Crippen LogP contribution in [0.1, 0.15) is 23.2 Å². The van der Waals surface area contributed by atoms with Crippen LogP contribution < -0.4 is 10.2 Å². The van der Waals surface area contributed by atoms with Crippen LogP contribution in [0.2, 0.25) is 0 Å². The minimum atomic E-state index is -0.0327. The maximum absolute atomic E-state index is 12.2. The molecule has 0 radical (unpaired) electrons. The molecule has 0 spiro atoms. The van der Waals surface area contributed by atoms with E-state index in [-0.39, 0.29) is 11.9 Å². The molecule has 1 amide bonds. The van der Waals surface area contributed by atoms with Gasteiger partial charge in [0.05, 0.1) is 6.20 Å². The lowest BCUT2D eigenvalue weighted by Gasteiger charge is -2.33. The number of hydrogen-bond acceptors (Lipinski definition) is 5. The Morgan fingerprint density at radius 2 is 1.88 bits per heavy atom. The Labute approximate surface area is 139 Å². The number of pyridine rings is 1. The summed E-state index contributed by atoms with van der Waals surface area (Å²) in [5, 5.41) is 7.27. The number of nitrogens with zero attached hydrogens (tertiary/aromatic N) is 5. The Kier molecular flexibility index (Phi) is 3.82. The van der Waals surface area contributed by atoms with E-state index in [9.17, 15) is 4.79 Å². The molecular formula is C17H18N6O. The summed E-state index contributed by atoms with van der Waals surface area (Å²) in [5.41, 5.74) is 1.50. The number of nitrogens with one attached hydrogen (secondary N) is 1. The van der Waals surface area contributed by atoms with E-state index in [1.54, 1.807) is 35.2 Å². The lowest BCUT2D eigenvalue weighted by atomic mass is 10.0. The maximum atomic E-state index is 12.2. The second-order valence-electron chi connectivity index (χ2n) is 5.89. The first-order chi connectivity index (χ1) is 11.8. The van der Waals surface area contributed by atoms with Gasteiger partial charge in [0.15, 0.2) is 5.65 Å². The molecule has 0 aromatic carbocycles. The molecule has 4 heterocycles. The third-order valence-corrected chi connectivity index (χ3v) is 4.34. The summed E-state index contributed by atoms with van der Waals surface area (Å²) in [6.07, 6.45) is 8.75. The van der Waals surface area contributed by atoms with Crippen molar-refractivity contribution in [2.75, 3.05) is 18.0 Å². The number of fused-ring (bicyclic) bond motifs is 1. The van der Waals surface area contributed by atoms with E-state index in [0.29, 0.717) is 5.56 Å². The topological polar surface area (TPSA) is 75.4 Å². The second-order valence-corrected chi connectivity index (χ2v) is 5.89. The number of amides is 1. The van der Waals surface area contributed by atoms with Gasteiger partial charge in [-0.1, -0.05) is 0 Å². The van der Waals surface area contributed by atoms with E-state index in [2.05, 4.69) is 25.3 Å². The largest absolute Gasteiger partial charge is 0.356 e. The van der Waals surface area contributed by atoms with Gasteiger partial charge in [0, 0.05) is 49.4 Å². The molecule has 1 fully saturated rings. The molecule has 0 bridgehead atoms. The van der Waals surface area contributed by atoms with Gasteiger partial charge in [-0.25, -0.2) is 9.50 Å². The summed E-state index contributed by atoms with van der Waals surface area (Å²) in [7, 11) is 0. The zero-order valence-corrected chi connectivity index (χ0v) is 13.2. The fourth-order valence-electron chi connectivity index (χ4n) is 3.00. The number of rotatable bonds is 3. The lowest BCUT2D eigenvalue weighted by molar-refractivity contribution is 0.0931. The standard InChI is InChI=1S/C17H18N6O/c24-17(13-1-7-18-8-2-13)20-14-4-10-22(11-5-14)15-6-12-23-16(21-15)3-9-19-23/h1-3,6-9,12,14H,4-5,10-11H2,(H,20,24). The first kappa shape index (κ1) is 14.6. The molecule has 0 saturated carbocycles. The molecular weight excluding hydrogens is 304 g/mol. The van der Waals surface area contributed by atoms with Crippen LogP contribution >= 0.6 is 0 Å². The van der Waals surface area contributed by atoms with Gasteiger partial charge in [-0.2, -0.15) is 5.10 Å². The fraction of sp³-hybridized carbons (Fsp3) is 0.294. The normalized spacial score (nSPS) is 15.6. The monoisotopic (exact) mass is 322 g/mol. The molecule has 0 atom stereocenters. The van der Waals surface area contributed by atoms with Gasteiger partial charge >= 0.3 is 0 Å². The molecule has 24 heavy (non-hydrogen) atoms. The first-order valence-corrected chi connectivity index (χ1v) is 8.06. The molecule has 3 aromatic heterocycles. The molecule has 0 unspecified atom stereocenters. The third-order valence-electron chi connectivity index (χ3n) is 4.34. The van der Waals surface area contributed by atoms with Crippen molar-refractivity contribution in [2.24, 2.45) is 0 Å². The Bertz CT molecular complexity index is 838. The number of hydrogen-bond donors (Lipinski definition) is 1. The Morgan fingerprint density at radius 1 is 1.08 bits per heavy atom. The van der Waals surface area contributed by atoms with Crippen molar-refractivity contribution in [2.45, 2.75) is 18.9 Å².